The molecule has 20 heavy (non-hydrogen) atoms. The van der Waals surface area contributed by atoms with E-state index >= 15 is 0 Å². The molecule has 110 valence electrons. The van der Waals surface area contributed by atoms with Crippen molar-refractivity contribution in [2.24, 2.45) is 0 Å². The van der Waals surface area contributed by atoms with Crippen LogP contribution in [0.15, 0.2) is 30.3 Å². The molecule has 0 aliphatic carbocycles. The molecule has 1 N–H and O–H groups in total. The fraction of sp³-hybridized carbons (Fsp3) is 0.429. The molecule has 1 rings (SSSR count). The number of carbonyl (C=O) groups is 2. The van der Waals surface area contributed by atoms with E-state index in [1.165, 1.54) is 13.8 Å². The summed E-state index contributed by atoms with van der Waals surface area (Å²) < 4.78 is 25.9. The number of carboxylic acids is 1. The van der Waals surface area contributed by atoms with Crippen molar-refractivity contribution in [3.8, 4) is 0 Å². The number of benzene rings is 1. The van der Waals surface area contributed by atoms with Gasteiger partial charge in [0.05, 0.1) is 0 Å². The number of ether oxygens (including phenoxy) is 1. The monoisotopic (exact) mass is 284 g/mol. The number of aliphatic carboxylic acids is 1. The van der Waals surface area contributed by atoms with Gasteiger partial charge in [-0.15, -0.1) is 5.12 Å². The van der Waals surface area contributed by atoms with Gasteiger partial charge in [-0.25, -0.2) is 9.59 Å². The highest BCUT2D eigenvalue weighted by Gasteiger charge is 2.33. The fourth-order valence-corrected chi connectivity index (χ4v) is 1.51. The van der Waals surface area contributed by atoms with E-state index in [1.807, 2.05) is 0 Å². The van der Waals surface area contributed by atoms with Gasteiger partial charge in [0, 0.05) is 7.79 Å². The van der Waals surface area contributed by atoms with E-state index in [1.54, 1.807) is 30.3 Å². The van der Waals surface area contributed by atoms with Crippen LogP contribution in [-0.4, -0.2) is 33.9 Å². The van der Waals surface area contributed by atoms with Crippen molar-refractivity contribution in [2.45, 2.75) is 38.8 Å². The summed E-state index contributed by atoms with van der Waals surface area (Å²) in [6.07, 6.45) is -1.58. The van der Waals surface area contributed by atoms with Gasteiger partial charge in [-0.3, -0.25) is 0 Å². The number of hydrogen-bond acceptors (Lipinski definition) is 3. The second-order valence-corrected chi connectivity index (χ2v) is 4.98. The molecule has 0 heterocycles. The van der Waals surface area contributed by atoms with E-state index in [0.717, 1.165) is 0 Å². The van der Waals surface area contributed by atoms with Crippen LogP contribution < -0.4 is 0 Å². The molecule has 0 unspecified atom stereocenters. The van der Waals surface area contributed by atoms with E-state index in [9.17, 15) is 14.1 Å². The number of halogens is 1. The number of rotatable bonds is 4. The Hall–Kier alpha value is -2.11. The topological polar surface area (TPSA) is 66.8 Å². The smallest absolute Gasteiger partial charge is 0.439 e. The average molecular weight is 284 g/mol. The molecule has 5 nitrogen and oxygen atoms in total. The summed E-state index contributed by atoms with van der Waals surface area (Å²) in [5.74, 6) is -1.47. The maximum Gasteiger partial charge on any atom is 0.439 e. The van der Waals surface area contributed by atoms with Gasteiger partial charge in [0.2, 0.25) is 0 Å². The van der Waals surface area contributed by atoms with Gasteiger partial charge >= 0.3 is 12.1 Å². The van der Waals surface area contributed by atoms with Crippen LogP contribution in [0.3, 0.4) is 0 Å². The van der Waals surface area contributed by atoms with Gasteiger partial charge in [0.1, 0.15) is 5.60 Å². The molecule has 0 saturated heterocycles. The number of carboxylic acid groups (broad SMARTS) is 1. The van der Waals surface area contributed by atoms with E-state index in [-0.39, 0.29) is 13.3 Å². The van der Waals surface area contributed by atoms with E-state index in [2.05, 4.69) is 0 Å². The van der Waals surface area contributed by atoms with Crippen LogP contribution in [0.5, 0.6) is 0 Å². The summed E-state index contributed by atoms with van der Waals surface area (Å²) in [6, 6.07) is 6.74. The molecular weight excluding hydrogens is 265 g/mol. The van der Waals surface area contributed by atoms with Crippen LogP contribution in [0.25, 0.3) is 0 Å². The van der Waals surface area contributed by atoms with Gasteiger partial charge in [-0.2, -0.15) is 0 Å². The van der Waals surface area contributed by atoms with Crippen molar-refractivity contribution in [2.75, 3.05) is 0 Å². The van der Waals surface area contributed by atoms with Crippen LogP contribution >= 0.6 is 0 Å². The lowest BCUT2D eigenvalue weighted by atomic mass is 10.1. The largest absolute Gasteiger partial charge is 0.480 e. The van der Waals surface area contributed by atoms with E-state index in [0.29, 0.717) is 5.56 Å². The molecule has 0 radical (unpaired) electrons. The molecule has 0 saturated carbocycles. The highest BCUT2D eigenvalue weighted by molar-refractivity contribution is 5.79. The van der Waals surface area contributed by atoms with Crippen molar-refractivity contribution >= 4 is 12.1 Å². The molecule has 0 fully saturated rings. The molecule has 0 aliphatic rings. The number of nitrogens with zero attached hydrogens (tertiary/aromatic N) is 1. The third kappa shape index (κ3) is 4.87. The zero-order valence-corrected chi connectivity index (χ0v) is 11.4. The minimum Gasteiger partial charge on any atom is -0.480 e. The van der Waals surface area contributed by atoms with Crippen molar-refractivity contribution in [3.05, 3.63) is 35.9 Å². The summed E-state index contributed by atoms with van der Waals surface area (Å²) in [5.41, 5.74) is -0.600. The quantitative estimate of drug-likeness (QED) is 0.863. The average Bonchev–Trinajstić information content (AvgIpc) is 2.44. The summed E-state index contributed by atoms with van der Waals surface area (Å²) in [5, 5.41) is 8.65. The normalized spacial score (nSPS) is 13.2. The minimum atomic E-state index is -1.68. The number of carbonyl (C=O) groups excluding carboxylic acids is 1. The lowest BCUT2D eigenvalue weighted by Gasteiger charge is -2.25. The lowest BCUT2D eigenvalue weighted by Crippen LogP contribution is -2.43. The van der Waals surface area contributed by atoms with E-state index < -0.39 is 28.8 Å². The van der Waals surface area contributed by atoms with Crippen molar-refractivity contribution in [3.63, 3.8) is 0 Å². The first-order chi connectivity index (χ1) is 9.76. The Morgan fingerprint density at radius 1 is 1.45 bits per heavy atom. The van der Waals surface area contributed by atoms with Crippen molar-refractivity contribution < 1.29 is 25.3 Å². The first kappa shape index (κ1) is 14.3. The van der Waals surface area contributed by atoms with Gasteiger partial charge < -0.3 is 9.84 Å². The lowest BCUT2D eigenvalue weighted by molar-refractivity contribution is -0.150. The van der Waals surface area contributed by atoms with Gasteiger partial charge in [0.15, 0.2) is 6.04 Å². The Morgan fingerprint density at radius 3 is 2.55 bits per heavy atom. The Kier molecular flexibility index (Phi) is 4.55. The predicted molar refractivity (Wildman–Crippen MR) is 70.8 cm³/mol. The molecule has 6 heteroatoms. The molecule has 0 bridgehead atoms. The van der Waals surface area contributed by atoms with Crippen LogP contribution in [0.2, 0.25) is 0 Å². The number of hydrogen-bond donors (Lipinski definition) is 1. The van der Waals surface area contributed by atoms with E-state index in [4.69, 9.17) is 11.2 Å². The first-order valence-electron chi connectivity index (χ1n) is 6.71. The fourth-order valence-electron chi connectivity index (χ4n) is 1.51. The summed E-state index contributed by atoms with van der Waals surface area (Å²) in [6.45, 7) is 2.63. The van der Waals surface area contributed by atoms with Crippen molar-refractivity contribution in [1.82, 2.24) is 5.12 Å². The molecule has 0 aliphatic heterocycles. The van der Waals surface area contributed by atoms with Gasteiger partial charge in [0.25, 0.3) is 0 Å². The highest BCUT2D eigenvalue weighted by atomic mass is 19.2. The number of amides is 1. The highest BCUT2D eigenvalue weighted by Crippen LogP contribution is 2.15. The Balaban J connectivity index is 2.81. The van der Waals surface area contributed by atoms with Gasteiger partial charge in [-0.05, 0) is 26.3 Å². The molecule has 0 aromatic heterocycles. The Labute approximate surface area is 118 Å². The molecule has 1 aromatic carbocycles. The van der Waals surface area contributed by atoms with Crippen LogP contribution in [0.1, 0.15) is 27.7 Å². The second-order valence-electron chi connectivity index (χ2n) is 4.98. The van der Waals surface area contributed by atoms with Gasteiger partial charge in [-0.1, -0.05) is 34.8 Å². The molecule has 0 spiro atoms. The molecule has 1 amide bonds. The standard InChI is InChI=1S/C14H18FNO4/c1-14(2,3)20-13(19)16(15)11(12(17)18)9-10-7-5-4-6-8-10/h4-8,11H,9H2,1-3H3,(H,17,18)/t11-/m0/s1/i1D. The third-order valence-electron chi connectivity index (χ3n) is 2.37. The zero-order valence-electron chi connectivity index (χ0n) is 12.4. The Morgan fingerprint density at radius 2 is 2.05 bits per heavy atom. The summed E-state index contributed by atoms with van der Waals surface area (Å²) in [4.78, 5) is 22.8. The Bertz CT molecular complexity index is 495. The molecule has 1 atom stereocenters. The minimum absolute atomic E-state index is 0.178. The third-order valence-corrected chi connectivity index (χ3v) is 2.37. The maximum absolute atomic E-state index is 14.0. The zero-order chi connectivity index (χ0) is 16.0. The van der Waals surface area contributed by atoms with Crippen LogP contribution in [0, 0.1) is 0 Å². The van der Waals surface area contributed by atoms with Crippen LogP contribution in [0.4, 0.5) is 9.28 Å². The summed E-state index contributed by atoms with van der Waals surface area (Å²) in [7, 11) is 0. The molecule has 1 aromatic rings. The predicted octanol–water partition coefficient (Wildman–Crippen LogP) is 2.80. The SMILES string of the molecule is [2H]CC(C)(C)OC(=O)N(F)[C@@H](Cc1ccccc1)C(=O)O. The first-order valence-corrected chi connectivity index (χ1v) is 6.01. The summed E-state index contributed by atoms with van der Waals surface area (Å²) >= 11 is 0. The van der Waals surface area contributed by atoms with Crippen molar-refractivity contribution in [1.29, 1.82) is 0 Å². The maximum atomic E-state index is 14.0. The molecular formula is C14H18FNO4. The second kappa shape index (κ2) is 6.36. The van der Waals surface area contributed by atoms with Crippen LogP contribution in [-0.2, 0) is 16.0 Å².